The van der Waals surface area contributed by atoms with E-state index in [1.807, 2.05) is 60.7 Å². The number of aliphatic hydroxyl groups is 3. The molecule has 5 rings (SSSR count). The highest BCUT2D eigenvalue weighted by molar-refractivity contribution is 5.89. The van der Waals surface area contributed by atoms with Gasteiger partial charge in [-0.1, -0.05) is 78.9 Å². The van der Waals surface area contributed by atoms with Crippen molar-refractivity contribution >= 4 is 5.97 Å². The number of methoxy groups -OCH3 is 2. The topological polar surface area (TPSA) is 152 Å². The Hall–Kier alpha value is -3.27. The van der Waals surface area contributed by atoms with E-state index in [0.717, 1.165) is 11.1 Å². The molecule has 0 bridgehead atoms. The van der Waals surface area contributed by atoms with E-state index in [9.17, 15) is 20.1 Å². The third-order valence-electron chi connectivity index (χ3n) is 8.17. The molecule has 12 nitrogen and oxygen atoms in total. The van der Waals surface area contributed by atoms with Gasteiger partial charge in [-0.3, -0.25) is 0 Å². The Labute approximate surface area is 273 Å². The van der Waals surface area contributed by atoms with Crippen LogP contribution in [0.25, 0.3) is 0 Å². The first kappa shape index (κ1) is 35.0. The van der Waals surface area contributed by atoms with Crippen LogP contribution in [-0.4, -0.2) is 110 Å². The average molecular weight is 655 g/mol. The van der Waals surface area contributed by atoms with E-state index in [1.165, 1.54) is 14.2 Å². The highest BCUT2D eigenvalue weighted by Gasteiger charge is 2.53. The van der Waals surface area contributed by atoms with E-state index in [0.29, 0.717) is 0 Å². The van der Waals surface area contributed by atoms with Crippen LogP contribution in [0.2, 0.25) is 0 Å². The van der Waals surface area contributed by atoms with Crippen molar-refractivity contribution in [2.45, 2.75) is 74.6 Å². The summed E-state index contributed by atoms with van der Waals surface area (Å²) >= 11 is 0. The molecule has 0 radical (unpaired) electrons. The molecule has 2 aliphatic heterocycles. The zero-order chi connectivity index (χ0) is 33.2. The Bertz CT molecular complexity index is 1350. The lowest BCUT2D eigenvalue weighted by atomic mass is 9.96. The van der Waals surface area contributed by atoms with Crippen molar-refractivity contribution in [1.82, 2.24) is 0 Å². The molecule has 3 N–H and O–H groups in total. The first-order valence-corrected chi connectivity index (χ1v) is 15.5. The molecule has 2 saturated heterocycles. The van der Waals surface area contributed by atoms with Gasteiger partial charge in [0.05, 0.1) is 32.0 Å². The lowest BCUT2D eigenvalue weighted by molar-refractivity contribution is -0.362. The lowest BCUT2D eigenvalue weighted by Crippen LogP contribution is -2.66. The number of aliphatic hydroxyl groups excluding tert-OH is 3. The van der Waals surface area contributed by atoms with Crippen LogP contribution in [0.4, 0.5) is 0 Å². The lowest BCUT2D eigenvalue weighted by Gasteiger charge is -2.48. The SMILES string of the molecule is CO[C@@H]1[C@@H](OCc2ccccc2)[C@@H](O)O[C@H](COCc2ccccc2)[C@H]1O[C@@H]1O[C@@H](CO)[C@@H](O)[C@H](OC)[C@H]1OC(=O)c1ccccc1. The van der Waals surface area contributed by atoms with Crippen LogP contribution in [0.5, 0.6) is 0 Å². The minimum absolute atomic E-state index is 0.0250. The van der Waals surface area contributed by atoms with Crippen molar-refractivity contribution in [3.05, 3.63) is 108 Å². The maximum absolute atomic E-state index is 13.2. The van der Waals surface area contributed by atoms with Crippen LogP contribution in [0.15, 0.2) is 91.0 Å². The van der Waals surface area contributed by atoms with Crippen molar-refractivity contribution in [2.24, 2.45) is 0 Å². The van der Waals surface area contributed by atoms with E-state index in [-0.39, 0.29) is 25.4 Å². The van der Waals surface area contributed by atoms with Crippen LogP contribution in [0.1, 0.15) is 21.5 Å². The molecule has 10 atom stereocenters. The first-order valence-electron chi connectivity index (χ1n) is 15.5. The summed E-state index contributed by atoms with van der Waals surface area (Å²) in [5, 5.41) is 32.1. The Morgan fingerprint density at radius 3 is 1.89 bits per heavy atom. The largest absolute Gasteiger partial charge is 0.450 e. The maximum Gasteiger partial charge on any atom is 0.338 e. The summed E-state index contributed by atoms with van der Waals surface area (Å²) in [6.45, 7) is -0.185. The Morgan fingerprint density at radius 2 is 1.30 bits per heavy atom. The molecular formula is C35H42O12. The van der Waals surface area contributed by atoms with Crippen molar-refractivity contribution in [2.75, 3.05) is 27.4 Å². The second-order valence-corrected chi connectivity index (χ2v) is 11.3. The average Bonchev–Trinajstić information content (AvgIpc) is 3.10. The molecular weight excluding hydrogens is 612 g/mol. The molecule has 12 heteroatoms. The van der Waals surface area contributed by atoms with Crippen molar-refractivity contribution in [1.29, 1.82) is 0 Å². The number of esters is 1. The van der Waals surface area contributed by atoms with Gasteiger partial charge in [0.25, 0.3) is 0 Å². The van der Waals surface area contributed by atoms with E-state index >= 15 is 0 Å². The van der Waals surface area contributed by atoms with E-state index < -0.39 is 74.0 Å². The van der Waals surface area contributed by atoms with Gasteiger partial charge in [-0.05, 0) is 23.3 Å². The highest BCUT2D eigenvalue weighted by atomic mass is 16.7. The maximum atomic E-state index is 13.2. The number of hydrogen-bond donors (Lipinski definition) is 3. The number of carbonyl (C=O) groups is 1. The highest BCUT2D eigenvalue weighted by Crippen LogP contribution is 2.33. The predicted octanol–water partition coefficient (Wildman–Crippen LogP) is 2.22. The standard InChI is InChI=1S/C35H42O12/c1-40-29-27(37)25(18-36)45-35(32(29)46-33(38)24-16-10-5-11-17-24)47-28-26(21-42-19-22-12-6-3-7-13-22)44-34(39)31(30(28)41-2)43-20-23-14-8-4-9-15-23/h3-17,25-32,34-37,39H,18-21H2,1-2H3/t25-,26+,27+,28+,29-,30-,31+,32+,34-,35-/m0/s1. The summed E-state index contributed by atoms with van der Waals surface area (Å²) in [6, 6.07) is 27.3. The molecule has 0 saturated carbocycles. The summed E-state index contributed by atoms with van der Waals surface area (Å²) in [7, 11) is 2.80. The van der Waals surface area contributed by atoms with Gasteiger partial charge in [0.1, 0.15) is 42.7 Å². The molecule has 47 heavy (non-hydrogen) atoms. The van der Waals surface area contributed by atoms with E-state index in [2.05, 4.69) is 0 Å². The third kappa shape index (κ3) is 8.80. The minimum atomic E-state index is -1.41. The van der Waals surface area contributed by atoms with Gasteiger partial charge in [0.2, 0.25) is 0 Å². The molecule has 0 aromatic heterocycles. The monoisotopic (exact) mass is 654 g/mol. The quantitative estimate of drug-likeness (QED) is 0.219. The number of ether oxygens (including phenoxy) is 8. The first-order chi connectivity index (χ1) is 22.9. The second-order valence-electron chi connectivity index (χ2n) is 11.3. The number of carbonyl (C=O) groups excluding carboxylic acids is 1. The van der Waals surface area contributed by atoms with Gasteiger partial charge in [-0.25, -0.2) is 4.79 Å². The normalized spacial score (nSPS) is 30.9. The fourth-order valence-electron chi connectivity index (χ4n) is 5.74. The van der Waals surface area contributed by atoms with E-state index in [4.69, 9.17) is 37.9 Å². The zero-order valence-corrected chi connectivity index (χ0v) is 26.3. The van der Waals surface area contributed by atoms with Crippen LogP contribution in [0, 0.1) is 0 Å². The van der Waals surface area contributed by atoms with Crippen molar-refractivity contribution in [3.63, 3.8) is 0 Å². The third-order valence-corrected chi connectivity index (χ3v) is 8.17. The fourth-order valence-corrected chi connectivity index (χ4v) is 5.74. The number of rotatable bonds is 14. The Balaban J connectivity index is 1.42. The van der Waals surface area contributed by atoms with Crippen LogP contribution in [0.3, 0.4) is 0 Å². The summed E-state index contributed by atoms with van der Waals surface area (Å²) in [4.78, 5) is 13.2. The Morgan fingerprint density at radius 1 is 0.702 bits per heavy atom. The van der Waals surface area contributed by atoms with Crippen LogP contribution >= 0.6 is 0 Å². The molecule has 0 aliphatic carbocycles. The smallest absolute Gasteiger partial charge is 0.338 e. The molecule has 0 spiro atoms. The Kier molecular flexibility index (Phi) is 12.8. The van der Waals surface area contributed by atoms with Crippen LogP contribution in [-0.2, 0) is 51.1 Å². The minimum Gasteiger partial charge on any atom is -0.450 e. The van der Waals surface area contributed by atoms with Gasteiger partial charge >= 0.3 is 5.97 Å². The van der Waals surface area contributed by atoms with Gasteiger partial charge in [-0.15, -0.1) is 0 Å². The molecule has 3 aromatic carbocycles. The molecule has 3 aromatic rings. The number of benzene rings is 3. The summed E-state index contributed by atoms with van der Waals surface area (Å²) in [6.07, 6.45) is -11.6. The summed E-state index contributed by atoms with van der Waals surface area (Å²) in [5.74, 6) is -0.699. The van der Waals surface area contributed by atoms with Crippen molar-refractivity contribution < 1.29 is 58.0 Å². The molecule has 2 aliphatic rings. The summed E-state index contributed by atoms with van der Waals surface area (Å²) in [5.41, 5.74) is 2.06. The summed E-state index contributed by atoms with van der Waals surface area (Å²) < 4.78 is 48.0. The van der Waals surface area contributed by atoms with Crippen LogP contribution < -0.4 is 0 Å². The van der Waals surface area contributed by atoms with E-state index in [1.54, 1.807) is 30.3 Å². The molecule has 2 fully saturated rings. The van der Waals surface area contributed by atoms with Gasteiger partial charge in [0.15, 0.2) is 18.7 Å². The zero-order valence-electron chi connectivity index (χ0n) is 26.3. The number of hydrogen-bond acceptors (Lipinski definition) is 12. The van der Waals surface area contributed by atoms with Gasteiger partial charge < -0.3 is 53.2 Å². The van der Waals surface area contributed by atoms with Gasteiger partial charge in [0, 0.05) is 14.2 Å². The molecule has 0 unspecified atom stereocenters. The molecule has 2 heterocycles. The predicted molar refractivity (Wildman–Crippen MR) is 166 cm³/mol. The van der Waals surface area contributed by atoms with Crippen molar-refractivity contribution in [3.8, 4) is 0 Å². The molecule has 254 valence electrons. The van der Waals surface area contributed by atoms with Gasteiger partial charge in [-0.2, -0.15) is 0 Å². The second kappa shape index (κ2) is 17.2. The molecule has 0 amide bonds. The fraction of sp³-hybridized carbons (Fsp3) is 0.457.